The number of aromatic nitrogens is 2. The molecule has 1 atom stereocenters. The predicted octanol–water partition coefficient (Wildman–Crippen LogP) is 1.97. The quantitative estimate of drug-likeness (QED) is 0.816. The molecule has 2 heterocycles. The molecule has 8 heteroatoms. The number of nitrogens with zero attached hydrogens (tertiary/aromatic N) is 3. The monoisotopic (exact) mass is 365 g/mol. The zero-order valence-electron chi connectivity index (χ0n) is 14.1. The van der Waals surface area contributed by atoms with Gasteiger partial charge in [0, 0.05) is 12.6 Å². The SMILES string of the molecule is Cc1c(C(=O)N2CCS(=O)(=O)CCC2C)cnn1-c1ccccc1F. The Kier molecular flexibility index (Phi) is 4.64. The molecular weight excluding hydrogens is 345 g/mol. The molecule has 6 nitrogen and oxygen atoms in total. The lowest BCUT2D eigenvalue weighted by molar-refractivity contribution is 0.0705. The molecule has 0 aliphatic carbocycles. The fourth-order valence-corrected chi connectivity index (χ4v) is 4.39. The lowest BCUT2D eigenvalue weighted by Gasteiger charge is -2.26. The minimum absolute atomic E-state index is 0.0381. The van der Waals surface area contributed by atoms with E-state index in [1.54, 1.807) is 30.0 Å². The fourth-order valence-electron chi connectivity index (χ4n) is 3.01. The van der Waals surface area contributed by atoms with E-state index in [1.165, 1.54) is 16.9 Å². The lowest BCUT2D eigenvalue weighted by atomic mass is 10.1. The van der Waals surface area contributed by atoms with Crippen LogP contribution in [-0.4, -0.2) is 53.1 Å². The van der Waals surface area contributed by atoms with Crippen molar-refractivity contribution in [2.45, 2.75) is 26.3 Å². The van der Waals surface area contributed by atoms with Crippen molar-refractivity contribution in [1.82, 2.24) is 14.7 Å². The number of amides is 1. The lowest BCUT2D eigenvalue weighted by Crippen LogP contribution is -2.39. The van der Waals surface area contributed by atoms with E-state index in [4.69, 9.17) is 0 Å². The maximum absolute atomic E-state index is 14.0. The van der Waals surface area contributed by atoms with Crippen LogP contribution in [0.5, 0.6) is 0 Å². The molecule has 2 aromatic rings. The van der Waals surface area contributed by atoms with E-state index in [0.717, 1.165) is 0 Å². The van der Waals surface area contributed by atoms with Crippen LogP contribution in [0, 0.1) is 12.7 Å². The van der Waals surface area contributed by atoms with E-state index in [1.807, 2.05) is 6.92 Å². The molecule has 1 aliphatic heterocycles. The number of para-hydroxylation sites is 1. The molecule has 0 spiro atoms. The summed E-state index contributed by atoms with van der Waals surface area (Å²) in [6.07, 6.45) is 1.82. The molecule has 1 saturated heterocycles. The van der Waals surface area contributed by atoms with Crippen molar-refractivity contribution in [2.75, 3.05) is 18.1 Å². The number of carbonyl (C=O) groups excluding carboxylic acids is 1. The third-order valence-corrected chi connectivity index (χ3v) is 6.27. The second-order valence-electron chi connectivity index (χ2n) is 6.29. The summed E-state index contributed by atoms with van der Waals surface area (Å²) in [5, 5.41) is 4.15. The third kappa shape index (κ3) is 3.44. The Morgan fingerprint density at radius 2 is 2.00 bits per heavy atom. The molecule has 0 bridgehead atoms. The van der Waals surface area contributed by atoms with Crippen molar-refractivity contribution in [3.05, 3.63) is 47.5 Å². The van der Waals surface area contributed by atoms with Gasteiger partial charge in [-0.25, -0.2) is 17.5 Å². The molecule has 25 heavy (non-hydrogen) atoms. The first-order chi connectivity index (χ1) is 11.8. The van der Waals surface area contributed by atoms with Gasteiger partial charge in [-0.2, -0.15) is 5.10 Å². The second-order valence-corrected chi connectivity index (χ2v) is 8.60. The average Bonchev–Trinajstić information content (AvgIpc) is 2.88. The summed E-state index contributed by atoms with van der Waals surface area (Å²) in [5.74, 6) is -0.652. The summed E-state index contributed by atoms with van der Waals surface area (Å²) in [4.78, 5) is 14.5. The topological polar surface area (TPSA) is 72.3 Å². The number of benzene rings is 1. The molecule has 1 unspecified atom stereocenters. The van der Waals surface area contributed by atoms with Gasteiger partial charge in [-0.3, -0.25) is 4.79 Å². The highest BCUT2D eigenvalue weighted by atomic mass is 32.2. The Bertz CT molecular complexity index is 908. The van der Waals surface area contributed by atoms with E-state index in [-0.39, 0.29) is 35.7 Å². The van der Waals surface area contributed by atoms with Gasteiger partial charge in [-0.15, -0.1) is 0 Å². The Hall–Kier alpha value is -2.22. The van der Waals surface area contributed by atoms with Crippen molar-refractivity contribution >= 4 is 15.7 Å². The van der Waals surface area contributed by atoms with Crippen LogP contribution in [0.4, 0.5) is 4.39 Å². The van der Waals surface area contributed by atoms with Gasteiger partial charge < -0.3 is 4.90 Å². The first kappa shape index (κ1) is 17.6. The van der Waals surface area contributed by atoms with Crippen molar-refractivity contribution in [1.29, 1.82) is 0 Å². The van der Waals surface area contributed by atoms with Crippen LogP contribution in [0.1, 0.15) is 29.4 Å². The normalized spacial score (nSPS) is 20.3. The van der Waals surface area contributed by atoms with Gasteiger partial charge in [-0.1, -0.05) is 12.1 Å². The van der Waals surface area contributed by atoms with Crippen molar-refractivity contribution in [3.8, 4) is 5.69 Å². The van der Waals surface area contributed by atoms with Gasteiger partial charge in [0.05, 0.1) is 29.0 Å². The smallest absolute Gasteiger partial charge is 0.257 e. The number of hydrogen-bond acceptors (Lipinski definition) is 4. The highest BCUT2D eigenvalue weighted by Gasteiger charge is 2.30. The second kappa shape index (κ2) is 6.59. The van der Waals surface area contributed by atoms with Gasteiger partial charge in [0.1, 0.15) is 11.5 Å². The van der Waals surface area contributed by atoms with Crippen LogP contribution in [0.2, 0.25) is 0 Å². The largest absolute Gasteiger partial charge is 0.335 e. The maximum atomic E-state index is 14.0. The van der Waals surface area contributed by atoms with Crippen LogP contribution < -0.4 is 0 Å². The molecule has 0 radical (unpaired) electrons. The number of hydrogen-bond donors (Lipinski definition) is 0. The maximum Gasteiger partial charge on any atom is 0.257 e. The van der Waals surface area contributed by atoms with Crippen LogP contribution in [0.15, 0.2) is 30.5 Å². The van der Waals surface area contributed by atoms with Gasteiger partial charge in [0.2, 0.25) is 0 Å². The molecular formula is C17H20FN3O3S. The number of carbonyl (C=O) groups is 1. The molecule has 1 aliphatic rings. The molecule has 1 amide bonds. The number of sulfone groups is 1. The van der Waals surface area contributed by atoms with E-state index < -0.39 is 15.7 Å². The predicted molar refractivity (Wildman–Crippen MR) is 92.0 cm³/mol. The number of halogens is 1. The van der Waals surface area contributed by atoms with Crippen LogP contribution in [-0.2, 0) is 9.84 Å². The fraction of sp³-hybridized carbons (Fsp3) is 0.412. The molecule has 134 valence electrons. The van der Waals surface area contributed by atoms with E-state index >= 15 is 0 Å². The van der Waals surface area contributed by atoms with Crippen molar-refractivity contribution < 1.29 is 17.6 Å². The Balaban J connectivity index is 1.92. The van der Waals surface area contributed by atoms with E-state index in [2.05, 4.69) is 5.10 Å². The molecule has 1 aromatic heterocycles. The Labute approximate surface area is 146 Å². The standard InChI is InChI=1S/C17H20FN3O3S/c1-12-7-9-25(23,24)10-8-20(12)17(22)14-11-19-21(13(14)2)16-6-4-3-5-15(16)18/h3-6,11-12H,7-10H2,1-2H3. The third-order valence-electron chi connectivity index (χ3n) is 4.60. The van der Waals surface area contributed by atoms with Gasteiger partial charge in [0.25, 0.3) is 5.91 Å². The van der Waals surface area contributed by atoms with Gasteiger partial charge in [-0.05, 0) is 32.4 Å². The zero-order chi connectivity index (χ0) is 18.2. The van der Waals surface area contributed by atoms with Gasteiger partial charge in [0.15, 0.2) is 9.84 Å². The summed E-state index contributed by atoms with van der Waals surface area (Å²) >= 11 is 0. The van der Waals surface area contributed by atoms with Crippen molar-refractivity contribution in [3.63, 3.8) is 0 Å². The summed E-state index contributed by atoms with van der Waals surface area (Å²) in [6.45, 7) is 3.70. The average molecular weight is 365 g/mol. The summed E-state index contributed by atoms with van der Waals surface area (Å²) in [7, 11) is -3.12. The summed E-state index contributed by atoms with van der Waals surface area (Å²) < 4.78 is 39.0. The van der Waals surface area contributed by atoms with E-state index in [9.17, 15) is 17.6 Å². The number of rotatable bonds is 2. The van der Waals surface area contributed by atoms with Gasteiger partial charge >= 0.3 is 0 Å². The Morgan fingerprint density at radius 1 is 1.28 bits per heavy atom. The minimum Gasteiger partial charge on any atom is -0.335 e. The van der Waals surface area contributed by atoms with E-state index in [0.29, 0.717) is 17.7 Å². The zero-order valence-corrected chi connectivity index (χ0v) is 15.0. The summed E-state index contributed by atoms with van der Waals surface area (Å²) in [5.41, 5.74) is 1.15. The molecule has 3 rings (SSSR count). The molecule has 1 fully saturated rings. The van der Waals surface area contributed by atoms with Crippen LogP contribution in [0.25, 0.3) is 5.69 Å². The molecule has 0 saturated carbocycles. The first-order valence-electron chi connectivity index (χ1n) is 8.11. The highest BCUT2D eigenvalue weighted by Crippen LogP contribution is 2.21. The first-order valence-corrected chi connectivity index (χ1v) is 9.93. The highest BCUT2D eigenvalue weighted by molar-refractivity contribution is 7.91. The summed E-state index contributed by atoms with van der Waals surface area (Å²) in [6, 6.07) is 6.02. The molecule has 0 N–H and O–H groups in total. The molecule has 1 aromatic carbocycles. The van der Waals surface area contributed by atoms with Crippen LogP contribution >= 0.6 is 0 Å². The Morgan fingerprint density at radius 3 is 2.72 bits per heavy atom. The minimum atomic E-state index is -3.12. The van der Waals surface area contributed by atoms with Crippen LogP contribution in [0.3, 0.4) is 0 Å². The van der Waals surface area contributed by atoms with Crippen molar-refractivity contribution in [2.24, 2.45) is 0 Å².